The van der Waals surface area contributed by atoms with Crippen molar-refractivity contribution < 1.29 is 8.76 Å². The van der Waals surface area contributed by atoms with Crippen molar-refractivity contribution >= 4 is 44.5 Å². The van der Waals surface area contributed by atoms with Crippen LogP contribution < -0.4 is 0 Å². The number of halogens is 1. The first kappa shape index (κ1) is 15.6. The van der Waals surface area contributed by atoms with Gasteiger partial charge in [0.05, 0.1) is 15.9 Å². The van der Waals surface area contributed by atoms with Gasteiger partial charge in [0.1, 0.15) is 5.01 Å². The Hall–Kier alpha value is -0.270. The molecule has 7 heteroatoms. The van der Waals surface area contributed by atoms with Gasteiger partial charge in [-0.1, -0.05) is 24.2 Å². The topological polar surface area (TPSA) is 53.0 Å². The fourth-order valence-electron chi connectivity index (χ4n) is 2.65. The summed E-state index contributed by atoms with van der Waals surface area (Å²) in [6.07, 6.45) is 4.42. The molecular formula is C14H16ClNO2S3. The minimum atomic E-state index is -3.27. The fraction of sp³-hybridized carbons (Fsp3) is 0.500. The van der Waals surface area contributed by atoms with E-state index >= 15 is 0 Å². The summed E-state index contributed by atoms with van der Waals surface area (Å²) < 4.78 is 24.9. The normalized spacial score (nSPS) is 25.6. The number of aromatic nitrogens is 1. The molecule has 0 N–H and O–H groups in total. The highest BCUT2D eigenvalue weighted by molar-refractivity contribution is 7.98. The quantitative estimate of drug-likeness (QED) is 0.587. The van der Waals surface area contributed by atoms with E-state index in [1.807, 2.05) is 5.38 Å². The van der Waals surface area contributed by atoms with Crippen LogP contribution in [0.15, 0.2) is 27.1 Å². The molecule has 2 aromatic heterocycles. The number of rotatable bonds is 4. The number of hydrogen-bond acceptors (Lipinski definition) is 5. The van der Waals surface area contributed by atoms with Gasteiger partial charge >= 0.3 is 0 Å². The zero-order valence-corrected chi connectivity index (χ0v) is 14.6. The largest absolute Gasteiger partial charge is 0.609 e. The lowest BCUT2D eigenvalue weighted by molar-refractivity contribution is 0.444. The monoisotopic (exact) mass is 361 g/mol. The maximum absolute atomic E-state index is 12.3. The Kier molecular flexibility index (Phi) is 4.81. The maximum atomic E-state index is 12.3. The second-order valence-corrected chi connectivity index (χ2v) is 9.93. The number of nitrogens with zero attached hydrogens (tertiary/aromatic N) is 1. The third kappa shape index (κ3) is 3.56. The van der Waals surface area contributed by atoms with Crippen molar-refractivity contribution in [1.29, 1.82) is 0 Å². The second-order valence-electron chi connectivity index (χ2n) is 5.26. The SMILES string of the molecule is O=[S+]([O-])(Cc1nc(C2CCCCC2Cl)cs1)c1cccs1. The average Bonchev–Trinajstić information content (AvgIpc) is 3.10. The highest BCUT2D eigenvalue weighted by Crippen LogP contribution is 2.37. The molecule has 1 aliphatic carbocycles. The molecule has 1 aliphatic rings. The van der Waals surface area contributed by atoms with Crippen LogP contribution in [0.25, 0.3) is 0 Å². The molecule has 3 atom stereocenters. The molecule has 3 nitrogen and oxygen atoms in total. The lowest BCUT2D eigenvalue weighted by Crippen LogP contribution is -2.18. The number of thiophene rings is 1. The molecule has 1 fully saturated rings. The standard InChI is InChI=1S/C14H16ClNO2S3/c15-11-5-2-1-4-10(11)12-8-20-13(16-12)9-21(17,18)14-6-3-7-19-14/h3,6-8,10-11H,1-2,4-5,9H2. The summed E-state index contributed by atoms with van der Waals surface area (Å²) in [5, 5.41) is 4.54. The van der Waals surface area contributed by atoms with Crippen LogP contribution in [-0.4, -0.2) is 14.9 Å². The van der Waals surface area contributed by atoms with Crippen LogP contribution in [0.4, 0.5) is 0 Å². The predicted octanol–water partition coefficient (Wildman–Crippen LogP) is 4.66. The molecule has 0 radical (unpaired) electrons. The van der Waals surface area contributed by atoms with E-state index < -0.39 is 10.2 Å². The molecule has 0 aromatic carbocycles. The number of hydrogen-bond donors (Lipinski definition) is 0. The minimum absolute atomic E-state index is 0.0160. The van der Waals surface area contributed by atoms with Crippen molar-refractivity contribution in [2.24, 2.45) is 0 Å². The molecule has 0 bridgehead atoms. The summed E-state index contributed by atoms with van der Waals surface area (Å²) in [5.74, 6) is 0.257. The van der Waals surface area contributed by atoms with E-state index in [1.54, 1.807) is 17.5 Å². The Bertz CT molecular complexity index is 640. The smallest absolute Gasteiger partial charge is 0.209 e. The van der Waals surface area contributed by atoms with Gasteiger partial charge in [-0.05, 0) is 24.3 Å². The maximum Gasteiger partial charge on any atom is 0.209 e. The zero-order valence-electron chi connectivity index (χ0n) is 11.4. The first-order valence-electron chi connectivity index (χ1n) is 6.91. The van der Waals surface area contributed by atoms with E-state index in [4.69, 9.17) is 11.6 Å². The van der Waals surface area contributed by atoms with E-state index in [-0.39, 0.29) is 17.0 Å². The van der Waals surface area contributed by atoms with Crippen LogP contribution in [0.5, 0.6) is 0 Å². The van der Waals surface area contributed by atoms with Crippen molar-refractivity contribution in [1.82, 2.24) is 4.98 Å². The highest BCUT2D eigenvalue weighted by atomic mass is 35.5. The van der Waals surface area contributed by atoms with E-state index in [1.165, 1.54) is 35.5 Å². The molecule has 2 aromatic rings. The average molecular weight is 362 g/mol. The summed E-state index contributed by atoms with van der Waals surface area (Å²) in [6.45, 7) is 0. The van der Waals surface area contributed by atoms with E-state index in [2.05, 4.69) is 4.98 Å². The molecular weight excluding hydrogens is 346 g/mol. The molecule has 2 heterocycles. The molecule has 0 amide bonds. The zero-order chi connectivity index (χ0) is 14.9. The molecule has 0 saturated heterocycles. The van der Waals surface area contributed by atoms with Gasteiger partial charge in [0.2, 0.25) is 4.21 Å². The molecule has 0 spiro atoms. The van der Waals surface area contributed by atoms with Gasteiger partial charge in [-0.25, -0.2) is 4.98 Å². The van der Waals surface area contributed by atoms with Crippen LogP contribution in [0.2, 0.25) is 0 Å². The number of sulfone groups is 1. The van der Waals surface area contributed by atoms with E-state index in [0.29, 0.717) is 9.22 Å². The van der Waals surface area contributed by atoms with E-state index in [9.17, 15) is 8.76 Å². The first-order chi connectivity index (χ1) is 10.1. The van der Waals surface area contributed by atoms with E-state index in [0.717, 1.165) is 18.5 Å². The van der Waals surface area contributed by atoms with Crippen molar-refractivity contribution in [2.45, 2.75) is 46.9 Å². The summed E-state index contributed by atoms with van der Waals surface area (Å²) in [4.78, 5) is 4.54. The highest BCUT2D eigenvalue weighted by Gasteiger charge is 2.28. The Morgan fingerprint density at radius 2 is 2.19 bits per heavy atom. The molecule has 3 unspecified atom stereocenters. The Labute approximate surface area is 138 Å². The Morgan fingerprint density at radius 1 is 1.38 bits per heavy atom. The van der Waals surface area contributed by atoms with Crippen molar-refractivity contribution in [3.63, 3.8) is 0 Å². The summed E-state index contributed by atoms with van der Waals surface area (Å²) in [7, 11) is -3.27. The number of thiazole rings is 1. The third-order valence-electron chi connectivity index (χ3n) is 3.75. The van der Waals surface area contributed by atoms with Crippen molar-refractivity contribution in [3.8, 4) is 0 Å². The van der Waals surface area contributed by atoms with Gasteiger partial charge in [-0.3, -0.25) is 0 Å². The van der Waals surface area contributed by atoms with Gasteiger partial charge in [0.25, 0.3) is 0 Å². The summed E-state index contributed by atoms with van der Waals surface area (Å²) >= 11 is 9.07. The Balaban J connectivity index is 1.75. The molecule has 3 rings (SSSR count). The van der Waals surface area contributed by atoms with Crippen LogP contribution in [0.3, 0.4) is 0 Å². The summed E-state index contributed by atoms with van der Waals surface area (Å²) in [5.41, 5.74) is 0.969. The molecule has 1 saturated carbocycles. The van der Waals surface area contributed by atoms with Crippen LogP contribution in [-0.2, 0) is 20.2 Å². The van der Waals surface area contributed by atoms with Crippen LogP contribution in [0, 0.1) is 0 Å². The van der Waals surface area contributed by atoms with Gasteiger partial charge in [0, 0.05) is 22.7 Å². The molecule has 0 aliphatic heterocycles. The predicted molar refractivity (Wildman–Crippen MR) is 88.1 cm³/mol. The molecule has 114 valence electrons. The first-order valence-corrected chi connectivity index (χ1v) is 10.8. The Morgan fingerprint density at radius 3 is 2.90 bits per heavy atom. The van der Waals surface area contributed by atoms with Gasteiger partial charge in [-0.15, -0.1) is 27.1 Å². The molecule has 21 heavy (non-hydrogen) atoms. The van der Waals surface area contributed by atoms with Gasteiger partial charge in [-0.2, -0.15) is 0 Å². The fourth-order valence-corrected chi connectivity index (χ4v) is 6.64. The van der Waals surface area contributed by atoms with Crippen molar-refractivity contribution in [2.75, 3.05) is 0 Å². The third-order valence-corrected chi connectivity index (χ3v) is 8.43. The lowest BCUT2D eigenvalue weighted by Gasteiger charge is -2.25. The van der Waals surface area contributed by atoms with Crippen molar-refractivity contribution in [3.05, 3.63) is 33.6 Å². The number of alkyl halides is 1. The lowest BCUT2D eigenvalue weighted by atomic mass is 9.87. The second kappa shape index (κ2) is 6.46. The van der Waals surface area contributed by atoms with Crippen LogP contribution in [0.1, 0.15) is 42.3 Å². The van der Waals surface area contributed by atoms with Crippen LogP contribution >= 0.6 is 34.3 Å². The van der Waals surface area contributed by atoms with Gasteiger partial charge < -0.3 is 4.55 Å². The van der Waals surface area contributed by atoms with Gasteiger partial charge in [0.15, 0.2) is 5.75 Å². The summed E-state index contributed by atoms with van der Waals surface area (Å²) in [6, 6.07) is 3.40. The minimum Gasteiger partial charge on any atom is -0.609 e.